The molecule has 1 fully saturated rings. The van der Waals surface area contributed by atoms with Crippen LogP contribution in [-0.2, 0) is 0 Å². The molecule has 0 amide bonds. The second-order valence-corrected chi connectivity index (χ2v) is 5.21. The van der Waals surface area contributed by atoms with E-state index in [1.165, 1.54) is 6.07 Å². The minimum absolute atomic E-state index is 0.0932. The van der Waals surface area contributed by atoms with Crippen molar-refractivity contribution in [1.29, 1.82) is 0 Å². The van der Waals surface area contributed by atoms with Gasteiger partial charge >= 0.3 is 0 Å². The van der Waals surface area contributed by atoms with E-state index in [0.717, 1.165) is 43.7 Å². The molecular weight excluding hydrogens is 240 g/mol. The molecule has 1 aromatic carbocycles. The molecule has 1 aromatic rings. The first kappa shape index (κ1) is 13.9. The number of aromatic hydroxyl groups is 2. The monoisotopic (exact) mass is 262 g/mol. The Labute approximate surface area is 114 Å². The second-order valence-electron chi connectivity index (χ2n) is 5.21. The standard InChI is InChI=1S/C15H22N2O2/c1-11(2)9-14(17-7-5-16-6-8-17)13-4-3-12(18)10-15(13)19/h3-4,10,14,16,18-19H,1,5-9H2,2H3/t14-/m0/s1. The number of rotatable bonds is 4. The first-order valence-corrected chi connectivity index (χ1v) is 6.69. The van der Waals surface area contributed by atoms with Gasteiger partial charge in [0.05, 0.1) is 0 Å². The van der Waals surface area contributed by atoms with Gasteiger partial charge in [0.25, 0.3) is 0 Å². The molecular formula is C15H22N2O2. The largest absolute Gasteiger partial charge is 0.508 e. The Hall–Kier alpha value is -1.52. The highest BCUT2D eigenvalue weighted by atomic mass is 16.3. The molecule has 1 heterocycles. The number of hydrogen-bond donors (Lipinski definition) is 3. The van der Waals surface area contributed by atoms with Crippen LogP contribution in [0, 0.1) is 0 Å². The zero-order chi connectivity index (χ0) is 13.8. The lowest BCUT2D eigenvalue weighted by molar-refractivity contribution is 0.170. The average molecular weight is 262 g/mol. The Morgan fingerprint density at radius 3 is 2.63 bits per heavy atom. The number of phenols is 2. The van der Waals surface area contributed by atoms with Crippen molar-refractivity contribution in [2.24, 2.45) is 0 Å². The smallest absolute Gasteiger partial charge is 0.124 e. The zero-order valence-corrected chi connectivity index (χ0v) is 11.4. The van der Waals surface area contributed by atoms with Crippen molar-refractivity contribution in [3.05, 3.63) is 35.9 Å². The van der Waals surface area contributed by atoms with Gasteiger partial charge in [-0.3, -0.25) is 4.90 Å². The Bertz CT molecular complexity index is 453. The number of nitrogens with one attached hydrogen (secondary N) is 1. The predicted octanol–water partition coefficient (Wildman–Crippen LogP) is 2.01. The summed E-state index contributed by atoms with van der Waals surface area (Å²) < 4.78 is 0. The highest BCUT2D eigenvalue weighted by molar-refractivity contribution is 5.41. The number of piperazine rings is 1. The van der Waals surface area contributed by atoms with Gasteiger partial charge in [-0.2, -0.15) is 0 Å². The van der Waals surface area contributed by atoms with Crippen LogP contribution in [-0.4, -0.2) is 41.3 Å². The van der Waals surface area contributed by atoms with Gasteiger partial charge in [-0.05, 0) is 19.4 Å². The normalized spacial score (nSPS) is 18.2. The lowest BCUT2D eigenvalue weighted by Crippen LogP contribution is -2.45. The molecule has 0 saturated carbocycles. The van der Waals surface area contributed by atoms with Crippen molar-refractivity contribution in [2.75, 3.05) is 26.2 Å². The maximum atomic E-state index is 10.1. The van der Waals surface area contributed by atoms with E-state index in [4.69, 9.17) is 0 Å². The van der Waals surface area contributed by atoms with E-state index in [2.05, 4.69) is 16.8 Å². The maximum Gasteiger partial charge on any atom is 0.124 e. The average Bonchev–Trinajstić information content (AvgIpc) is 2.37. The summed E-state index contributed by atoms with van der Waals surface area (Å²) in [6.07, 6.45) is 0.818. The van der Waals surface area contributed by atoms with E-state index in [1.54, 1.807) is 12.1 Å². The van der Waals surface area contributed by atoms with Gasteiger partial charge in [0.1, 0.15) is 11.5 Å². The predicted molar refractivity (Wildman–Crippen MR) is 76.4 cm³/mol. The minimum atomic E-state index is 0.0932. The van der Waals surface area contributed by atoms with Gasteiger partial charge < -0.3 is 15.5 Å². The van der Waals surface area contributed by atoms with E-state index in [1.807, 2.05) is 6.92 Å². The number of phenolic OH excluding ortho intramolecular Hbond substituents is 2. The van der Waals surface area contributed by atoms with Crippen LogP contribution < -0.4 is 5.32 Å². The van der Waals surface area contributed by atoms with Crippen LogP contribution in [0.5, 0.6) is 11.5 Å². The minimum Gasteiger partial charge on any atom is -0.508 e. The van der Waals surface area contributed by atoms with Gasteiger partial charge in [-0.1, -0.05) is 11.6 Å². The molecule has 0 aromatic heterocycles. The van der Waals surface area contributed by atoms with Crippen LogP contribution in [0.25, 0.3) is 0 Å². The molecule has 4 heteroatoms. The molecule has 1 saturated heterocycles. The Balaban J connectivity index is 2.27. The maximum absolute atomic E-state index is 10.1. The first-order chi connectivity index (χ1) is 9.08. The third-order valence-corrected chi connectivity index (χ3v) is 3.51. The number of hydrogen-bond acceptors (Lipinski definition) is 4. The topological polar surface area (TPSA) is 55.7 Å². The molecule has 19 heavy (non-hydrogen) atoms. The van der Waals surface area contributed by atoms with E-state index in [-0.39, 0.29) is 17.5 Å². The molecule has 4 nitrogen and oxygen atoms in total. The van der Waals surface area contributed by atoms with Crippen molar-refractivity contribution in [2.45, 2.75) is 19.4 Å². The second kappa shape index (κ2) is 6.08. The van der Waals surface area contributed by atoms with Gasteiger partial charge in [0.2, 0.25) is 0 Å². The van der Waals surface area contributed by atoms with Gasteiger partial charge in [-0.25, -0.2) is 0 Å². The molecule has 0 radical (unpaired) electrons. The summed E-state index contributed by atoms with van der Waals surface area (Å²) in [7, 11) is 0. The lowest BCUT2D eigenvalue weighted by Gasteiger charge is -2.35. The molecule has 1 atom stereocenters. The van der Waals surface area contributed by atoms with Crippen LogP contribution >= 0.6 is 0 Å². The van der Waals surface area contributed by atoms with E-state index < -0.39 is 0 Å². The fourth-order valence-corrected chi connectivity index (χ4v) is 2.57. The Kier molecular flexibility index (Phi) is 4.45. The molecule has 1 aliphatic heterocycles. The lowest BCUT2D eigenvalue weighted by atomic mass is 9.97. The molecule has 3 N–H and O–H groups in total. The van der Waals surface area contributed by atoms with Crippen LogP contribution in [0.1, 0.15) is 24.9 Å². The Morgan fingerprint density at radius 2 is 2.05 bits per heavy atom. The third-order valence-electron chi connectivity index (χ3n) is 3.51. The molecule has 0 aliphatic carbocycles. The molecule has 0 unspecified atom stereocenters. The van der Waals surface area contributed by atoms with Gasteiger partial charge in [-0.15, -0.1) is 6.58 Å². The summed E-state index contributed by atoms with van der Waals surface area (Å²) in [5.74, 6) is 0.250. The Morgan fingerprint density at radius 1 is 1.37 bits per heavy atom. The fourth-order valence-electron chi connectivity index (χ4n) is 2.57. The van der Waals surface area contributed by atoms with Crippen molar-refractivity contribution >= 4 is 0 Å². The third kappa shape index (κ3) is 3.49. The molecule has 0 spiro atoms. The summed E-state index contributed by atoms with van der Waals surface area (Å²) in [5, 5.41) is 22.8. The highest BCUT2D eigenvalue weighted by Gasteiger charge is 2.24. The summed E-state index contributed by atoms with van der Waals surface area (Å²) in [4.78, 5) is 2.36. The number of nitrogens with zero attached hydrogens (tertiary/aromatic N) is 1. The molecule has 104 valence electrons. The summed E-state index contributed by atoms with van der Waals surface area (Å²) in [5.41, 5.74) is 1.96. The van der Waals surface area contributed by atoms with Crippen molar-refractivity contribution in [3.63, 3.8) is 0 Å². The highest BCUT2D eigenvalue weighted by Crippen LogP contribution is 2.35. The van der Waals surface area contributed by atoms with Gasteiger partial charge in [0, 0.05) is 43.9 Å². The SMILES string of the molecule is C=C(C)C[C@@H](c1ccc(O)cc1O)N1CCNCC1. The summed E-state index contributed by atoms with van der Waals surface area (Å²) in [6.45, 7) is 9.84. The first-order valence-electron chi connectivity index (χ1n) is 6.69. The van der Waals surface area contributed by atoms with Gasteiger partial charge in [0.15, 0.2) is 0 Å². The summed E-state index contributed by atoms with van der Waals surface area (Å²) >= 11 is 0. The van der Waals surface area contributed by atoms with E-state index in [0.29, 0.717) is 0 Å². The molecule has 2 rings (SSSR count). The van der Waals surface area contributed by atoms with Crippen molar-refractivity contribution in [3.8, 4) is 11.5 Å². The van der Waals surface area contributed by atoms with Crippen molar-refractivity contribution in [1.82, 2.24) is 10.2 Å². The van der Waals surface area contributed by atoms with Crippen LogP contribution in [0.3, 0.4) is 0 Å². The summed E-state index contributed by atoms with van der Waals surface area (Å²) in [6, 6.07) is 4.96. The van der Waals surface area contributed by atoms with E-state index in [9.17, 15) is 10.2 Å². The van der Waals surface area contributed by atoms with Crippen LogP contribution in [0.4, 0.5) is 0 Å². The molecule has 1 aliphatic rings. The zero-order valence-electron chi connectivity index (χ0n) is 11.4. The van der Waals surface area contributed by atoms with Crippen LogP contribution in [0.2, 0.25) is 0 Å². The molecule has 0 bridgehead atoms. The van der Waals surface area contributed by atoms with Crippen molar-refractivity contribution < 1.29 is 10.2 Å². The van der Waals surface area contributed by atoms with E-state index >= 15 is 0 Å². The fraction of sp³-hybridized carbons (Fsp3) is 0.467. The van der Waals surface area contributed by atoms with Crippen LogP contribution in [0.15, 0.2) is 30.4 Å². The number of benzene rings is 1. The quantitative estimate of drug-likeness (QED) is 0.727.